The van der Waals surface area contributed by atoms with E-state index >= 15 is 0 Å². The third-order valence-corrected chi connectivity index (χ3v) is 3.88. The molecule has 0 aliphatic carbocycles. The van der Waals surface area contributed by atoms with Gasteiger partial charge in [0.25, 0.3) is 0 Å². The predicted octanol–water partition coefficient (Wildman–Crippen LogP) is 2.38. The Hall–Kier alpha value is -1.10. The zero-order valence-electron chi connectivity index (χ0n) is 12.9. The van der Waals surface area contributed by atoms with Gasteiger partial charge in [-0.15, -0.1) is 0 Å². The standard InChI is InChI=1S/C16H25NO3/c1-5-17-15(14-10-19-8-9-20-14)13-7-6-11(2)12(3)16(13)18-4/h6-7,14-15,17H,5,8-10H2,1-4H3. The molecule has 0 saturated carbocycles. The van der Waals surface area contributed by atoms with E-state index in [1.165, 1.54) is 11.1 Å². The van der Waals surface area contributed by atoms with E-state index in [0.29, 0.717) is 19.8 Å². The molecule has 2 rings (SSSR count). The normalized spacial score (nSPS) is 20.7. The molecular weight excluding hydrogens is 254 g/mol. The summed E-state index contributed by atoms with van der Waals surface area (Å²) in [5.74, 6) is 0.949. The number of methoxy groups -OCH3 is 1. The summed E-state index contributed by atoms with van der Waals surface area (Å²) in [4.78, 5) is 0. The highest BCUT2D eigenvalue weighted by Gasteiger charge is 2.28. The number of aryl methyl sites for hydroxylation is 1. The summed E-state index contributed by atoms with van der Waals surface area (Å²) < 4.78 is 17.1. The Labute approximate surface area is 121 Å². The Kier molecular flexibility index (Phi) is 5.40. The summed E-state index contributed by atoms with van der Waals surface area (Å²) in [6, 6.07) is 4.36. The fraction of sp³-hybridized carbons (Fsp3) is 0.625. The molecule has 1 heterocycles. The van der Waals surface area contributed by atoms with Crippen molar-refractivity contribution in [2.24, 2.45) is 0 Å². The Bertz CT molecular complexity index is 442. The highest BCUT2D eigenvalue weighted by atomic mass is 16.6. The molecule has 4 nitrogen and oxygen atoms in total. The number of hydrogen-bond donors (Lipinski definition) is 1. The number of rotatable bonds is 5. The maximum absolute atomic E-state index is 5.87. The maximum atomic E-state index is 5.87. The Morgan fingerprint density at radius 3 is 2.75 bits per heavy atom. The third-order valence-electron chi connectivity index (χ3n) is 3.88. The lowest BCUT2D eigenvalue weighted by Crippen LogP contribution is -2.40. The number of benzene rings is 1. The highest BCUT2D eigenvalue weighted by molar-refractivity contribution is 5.47. The molecule has 1 N–H and O–H groups in total. The summed E-state index contributed by atoms with van der Waals surface area (Å²) in [5.41, 5.74) is 3.57. The second-order valence-corrected chi connectivity index (χ2v) is 5.15. The van der Waals surface area contributed by atoms with Crippen molar-refractivity contribution in [3.63, 3.8) is 0 Å². The molecule has 1 saturated heterocycles. The summed E-state index contributed by atoms with van der Waals surface area (Å²) in [5, 5.41) is 3.51. The van der Waals surface area contributed by atoms with E-state index < -0.39 is 0 Å². The van der Waals surface area contributed by atoms with E-state index in [0.717, 1.165) is 17.9 Å². The molecule has 0 radical (unpaired) electrons. The van der Waals surface area contributed by atoms with Crippen LogP contribution in [0.5, 0.6) is 5.75 Å². The molecule has 20 heavy (non-hydrogen) atoms. The van der Waals surface area contributed by atoms with Gasteiger partial charge in [-0.25, -0.2) is 0 Å². The fourth-order valence-electron chi connectivity index (χ4n) is 2.69. The molecule has 1 aromatic rings. The average molecular weight is 279 g/mol. The number of likely N-dealkylation sites (N-methyl/N-ethyl adjacent to an activating group) is 1. The summed E-state index contributed by atoms with van der Waals surface area (Å²) in [7, 11) is 1.73. The fourth-order valence-corrected chi connectivity index (χ4v) is 2.69. The van der Waals surface area contributed by atoms with Crippen LogP contribution in [-0.2, 0) is 9.47 Å². The van der Waals surface area contributed by atoms with Crippen LogP contribution < -0.4 is 10.1 Å². The van der Waals surface area contributed by atoms with Crippen molar-refractivity contribution in [1.82, 2.24) is 5.32 Å². The molecule has 1 aliphatic heterocycles. The molecule has 4 heteroatoms. The maximum Gasteiger partial charge on any atom is 0.126 e. The molecule has 1 aromatic carbocycles. The Balaban J connectivity index is 2.35. The first-order valence-corrected chi connectivity index (χ1v) is 7.25. The molecule has 1 aliphatic rings. The molecule has 1 fully saturated rings. The SMILES string of the molecule is CCNC(c1ccc(C)c(C)c1OC)C1COCCO1. The van der Waals surface area contributed by atoms with E-state index in [1.54, 1.807) is 7.11 Å². The third kappa shape index (κ3) is 3.14. The highest BCUT2D eigenvalue weighted by Crippen LogP contribution is 2.33. The average Bonchev–Trinajstić information content (AvgIpc) is 2.48. The minimum absolute atomic E-state index is 0.0275. The second kappa shape index (κ2) is 7.07. The molecule has 0 spiro atoms. The van der Waals surface area contributed by atoms with E-state index in [9.17, 15) is 0 Å². The van der Waals surface area contributed by atoms with Crippen LogP contribution in [0.2, 0.25) is 0 Å². The van der Waals surface area contributed by atoms with Crippen LogP contribution in [0.3, 0.4) is 0 Å². The number of hydrogen-bond acceptors (Lipinski definition) is 4. The monoisotopic (exact) mass is 279 g/mol. The van der Waals surface area contributed by atoms with Crippen molar-refractivity contribution < 1.29 is 14.2 Å². The molecule has 112 valence electrons. The van der Waals surface area contributed by atoms with Crippen LogP contribution >= 0.6 is 0 Å². The second-order valence-electron chi connectivity index (χ2n) is 5.15. The topological polar surface area (TPSA) is 39.7 Å². The van der Waals surface area contributed by atoms with Gasteiger partial charge in [0.1, 0.15) is 11.9 Å². The van der Waals surface area contributed by atoms with Crippen molar-refractivity contribution in [3.05, 3.63) is 28.8 Å². The predicted molar refractivity (Wildman–Crippen MR) is 79.4 cm³/mol. The Morgan fingerprint density at radius 1 is 1.35 bits per heavy atom. The first-order chi connectivity index (χ1) is 9.69. The molecule has 2 atom stereocenters. The van der Waals surface area contributed by atoms with Crippen LogP contribution in [0.15, 0.2) is 12.1 Å². The van der Waals surface area contributed by atoms with Crippen LogP contribution in [-0.4, -0.2) is 39.6 Å². The van der Waals surface area contributed by atoms with Crippen LogP contribution in [0.25, 0.3) is 0 Å². The number of ether oxygens (including phenoxy) is 3. The first kappa shape index (κ1) is 15.3. The zero-order valence-corrected chi connectivity index (χ0v) is 12.9. The van der Waals surface area contributed by atoms with Crippen LogP contribution in [0.4, 0.5) is 0 Å². The van der Waals surface area contributed by atoms with Gasteiger partial charge in [0.15, 0.2) is 0 Å². The van der Waals surface area contributed by atoms with E-state index in [-0.39, 0.29) is 12.1 Å². The minimum Gasteiger partial charge on any atom is -0.496 e. The summed E-state index contributed by atoms with van der Waals surface area (Å²) in [6.45, 7) is 9.13. The van der Waals surface area contributed by atoms with Gasteiger partial charge in [-0.1, -0.05) is 19.1 Å². The smallest absolute Gasteiger partial charge is 0.126 e. The minimum atomic E-state index is 0.0275. The largest absolute Gasteiger partial charge is 0.496 e. The van der Waals surface area contributed by atoms with Crippen molar-refractivity contribution in [2.75, 3.05) is 33.5 Å². The van der Waals surface area contributed by atoms with Crippen molar-refractivity contribution in [1.29, 1.82) is 0 Å². The molecule has 0 aromatic heterocycles. The summed E-state index contributed by atoms with van der Waals surface area (Å²) in [6.07, 6.45) is 0.0275. The quantitative estimate of drug-likeness (QED) is 0.898. The zero-order chi connectivity index (χ0) is 14.5. The lowest BCUT2D eigenvalue weighted by molar-refractivity contribution is -0.102. The summed E-state index contributed by atoms with van der Waals surface area (Å²) >= 11 is 0. The lowest BCUT2D eigenvalue weighted by Gasteiger charge is -2.32. The van der Waals surface area contributed by atoms with Gasteiger partial charge in [0.2, 0.25) is 0 Å². The first-order valence-electron chi connectivity index (χ1n) is 7.25. The van der Waals surface area contributed by atoms with E-state index in [2.05, 4.69) is 38.2 Å². The van der Waals surface area contributed by atoms with Gasteiger partial charge in [0.05, 0.1) is 33.0 Å². The van der Waals surface area contributed by atoms with Crippen LogP contribution in [0, 0.1) is 13.8 Å². The molecular formula is C16H25NO3. The Morgan fingerprint density at radius 2 is 2.15 bits per heavy atom. The van der Waals surface area contributed by atoms with Gasteiger partial charge in [0, 0.05) is 5.56 Å². The van der Waals surface area contributed by atoms with Crippen molar-refractivity contribution >= 4 is 0 Å². The lowest BCUT2D eigenvalue weighted by atomic mass is 9.95. The molecule has 2 unspecified atom stereocenters. The van der Waals surface area contributed by atoms with E-state index in [1.807, 2.05) is 0 Å². The van der Waals surface area contributed by atoms with Gasteiger partial charge in [-0.2, -0.15) is 0 Å². The van der Waals surface area contributed by atoms with E-state index in [4.69, 9.17) is 14.2 Å². The van der Waals surface area contributed by atoms with Gasteiger partial charge in [-0.3, -0.25) is 0 Å². The van der Waals surface area contributed by atoms with Gasteiger partial charge < -0.3 is 19.5 Å². The number of nitrogens with one attached hydrogen (secondary N) is 1. The van der Waals surface area contributed by atoms with Crippen molar-refractivity contribution in [3.8, 4) is 5.75 Å². The van der Waals surface area contributed by atoms with Crippen molar-refractivity contribution in [2.45, 2.75) is 32.9 Å². The van der Waals surface area contributed by atoms with Crippen LogP contribution in [0.1, 0.15) is 29.7 Å². The van der Waals surface area contributed by atoms with Gasteiger partial charge >= 0.3 is 0 Å². The van der Waals surface area contributed by atoms with Gasteiger partial charge in [-0.05, 0) is 31.5 Å². The molecule has 0 amide bonds. The molecule has 0 bridgehead atoms.